The largest absolute Gasteiger partial charge is 0.494 e. The van der Waals surface area contributed by atoms with E-state index in [1.54, 1.807) is 0 Å². The lowest BCUT2D eigenvalue weighted by atomic mass is 9.99. The highest BCUT2D eigenvalue weighted by molar-refractivity contribution is 5.78. The molecule has 1 atom stereocenters. The number of carbonyl (C=O) groups is 1. The van der Waals surface area contributed by atoms with E-state index in [2.05, 4.69) is 10.6 Å². The summed E-state index contributed by atoms with van der Waals surface area (Å²) in [5, 5.41) is 6.26. The van der Waals surface area contributed by atoms with E-state index in [1.165, 1.54) is 0 Å². The van der Waals surface area contributed by atoms with E-state index in [0.717, 1.165) is 37.2 Å². The fraction of sp³-hybridized carbons (Fsp3) is 0.533. The molecular weight excluding hydrogens is 240 g/mol. The maximum atomic E-state index is 12.0. The Bertz CT molecular complexity index is 414. The Hall–Kier alpha value is -1.55. The summed E-state index contributed by atoms with van der Waals surface area (Å²) in [6.45, 7) is 5.01. The summed E-state index contributed by atoms with van der Waals surface area (Å²) in [5.74, 6) is 1.12. The van der Waals surface area contributed by atoms with Crippen LogP contribution in [0.5, 0.6) is 5.75 Å². The fourth-order valence-corrected chi connectivity index (χ4v) is 2.32. The number of nitrogens with one attached hydrogen (secondary N) is 2. The lowest BCUT2D eigenvalue weighted by Gasteiger charge is -2.21. The zero-order valence-corrected chi connectivity index (χ0v) is 11.4. The third kappa shape index (κ3) is 4.24. The molecule has 1 amide bonds. The topological polar surface area (TPSA) is 50.4 Å². The van der Waals surface area contributed by atoms with Gasteiger partial charge in [-0.2, -0.15) is 0 Å². The number of hydrogen-bond donors (Lipinski definition) is 2. The number of benzene rings is 1. The van der Waals surface area contributed by atoms with Crippen molar-refractivity contribution in [1.29, 1.82) is 0 Å². The Balaban J connectivity index is 1.83. The molecule has 0 bridgehead atoms. The van der Waals surface area contributed by atoms with Gasteiger partial charge in [0.1, 0.15) is 5.75 Å². The molecule has 2 N–H and O–H groups in total. The zero-order valence-electron chi connectivity index (χ0n) is 11.4. The minimum absolute atomic E-state index is 0.115. The molecule has 1 fully saturated rings. The van der Waals surface area contributed by atoms with Crippen LogP contribution in [0.3, 0.4) is 0 Å². The molecular formula is C15H22N2O2. The van der Waals surface area contributed by atoms with Gasteiger partial charge in [0.2, 0.25) is 5.91 Å². The molecule has 0 aromatic heterocycles. The second-order valence-corrected chi connectivity index (χ2v) is 4.84. The van der Waals surface area contributed by atoms with Gasteiger partial charge in [-0.05, 0) is 44.0 Å². The van der Waals surface area contributed by atoms with E-state index in [9.17, 15) is 4.79 Å². The van der Waals surface area contributed by atoms with E-state index in [4.69, 9.17) is 4.74 Å². The van der Waals surface area contributed by atoms with Crippen LogP contribution < -0.4 is 15.4 Å². The fourth-order valence-electron chi connectivity index (χ4n) is 2.32. The van der Waals surface area contributed by atoms with E-state index >= 15 is 0 Å². The Labute approximate surface area is 114 Å². The average Bonchev–Trinajstić information content (AvgIpc) is 2.46. The van der Waals surface area contributed by atoms with Gasteiger partial charge in [-0.3, -0.25) is 4.79 Å². The molecule has 0 aliphatic carbocycles. The van der Waals surface area contributed by atoms with Crippen molar-refractivity contribution in [3.8, 4) is 5.75 Å². The van der Waals surface area contributed by atoms with E-state index in [-0.39, 0.29) is 11.8 Å². The van der Waals surface area contributed by atoms with Crippen LogP contribution in [0.4, 0.5) is 0 Å². The van der Waals surface area contributed by atoms with Crippen LogP contribution in [0.25, 0.3) is 0 Å². The summed E-state index contributed by atoms with van der Waals surface area (Å²) < 4.78 is 5.45. The summed E-state index contributed by atoms with van der Waals surface area (Å²) in [7, 11) is 0. The van der Waals surface area contributed by atoms with Crippen LogP contribution in [0, 0.1) is 5.92 Å². The summed E-state index contributed by atoms with van der Waals surface area (Å²) in [6.07, 6.45) is 2.07. The SMILES string of the molecule is CCOc1cccc(CNC(=O)C2CCCNC2)c1. The van der Waals surface area contributed by atoms with E-state index in [1.807, 2.05) is 31.2 Å². The summed E-state index contributed by atoms with van der Waals surface area (Å²) >= 11 is 0. The molecule has 1 aromatic rings. The first-order valence-electron chi connectivity index (χ1n) is 6.99. The summed E-state index contributed by atoms with van der Waals surface area (Å²) in [4.78, 5) is 12.0. The van der Waals surface area contributed by atoms with Gasteiger partial charge in [0, 0.05) is 13.1 Å². The molecule has 4 nitrogen and oxygen atoms in total. The van der Waals surface area contributed by atoms with Crippen molar-refractivity contribution in [3.05, 3.63) is 29.8 Å². The Kier molecular flexibility index (Phi) is 5.21. The maximum absolute atomic E-state index is 12.0. The van der Waals surface area contributed by atoms with Gasteiger partial charge in [0.15, 0.2) is 0 Å². The number of carbonyl (C=O) groups excluding carboxylic acids is 1. The third-order valence-corrected chi connectivity index (χ3v) is 3.34. The monoisotopic (exact) mass is 262 g/mol. The van der Waals surface area contributed by atoms with E-state index in [0.29, 0.717) is 13.2 Å². The normalized spacial score (nSPS) is 18.9. The Morgan fingerprint density at radius 2 is 2.42 bits per heavy atom. The molecule has 0 radical (unpaired) electrons. The van der Waals surface area contributed by atoms with Crippen molar-refractivity contribution in [1.82, 2.24) is 10.6 Å². The Morgan fingerprint density at radius 3 is 3.16 bits per heavy atom. The van der Waals surface area contributed by atoms with Gasteiger partial charge in [-0.25, -0.2) is 0 Å². The van der Waals surface area contributed by atoms with Crippen LogP contribution in [-0.4, -0.2) is 25.6 Å². The smallest absolute Gasteiger partial charge is 0.224 e. The second-order valence-electron chi connectivity index (χ2n) is 4.84. The van der Waals surface area contributed by atoms with E-state index < -0.39 is 0 Å². The molecule has 1 aromatic carbocycles. The molecule has 4 heteroatoms. The van der Waals surface area contributed by atoms with Crippen molar-refractivity contribution in [2.24, 2.45) is 5.92 Å². The molecule has 0 spiro atoms. The number of rotatable bonds is 5. The van der Waals surface area contributed by atoms with Gasteiger partial charge in [0.25, 0.3) is 0 Å². The summed E-state index contributed by atoms with van der Waals surface area (Å²) in [6, 6.07) is 7.86. The lowest BCUT2D eigenvalue weighted by molar-refractivity contribution is -0.125. The minimum atomic E-state index is 0.115. The predicted octanol–water partition coefficient (Wildman–Crippen LogP) is 1.70. The van der Waals surface area contributed by atoms with Crippen LogP contribution in [-0.2, 0) is 11.3 Å². The standard InChI is InChI=1S/C15H22N2O2/c1-2-19-14-7-3-5-12(9-14)10-17-15(18)13-6-4-8-16-11-13/h3,5,7,9,13,16H,2,4,6,8,10-11H2,1H3,(H,17,18). The van der Waals surface area contributed by atoms with Gasteiger partial charge in [-0.15, -0.1) is 0 Å². The highest BCUT2D eigenvalue weighted by atomic mass is 16.5. The van der Waals surface area contributed by atoms with Crippen LogP contribution in [0.15, 0.2) is 24.3 Å². The van der Waals surface area contributed by atoms with Crippen molar-refractivity contribution < 1.29 is 9.53 Å². The van der Waals surface area contributed by atoms with Crippen molar-refractivity contribution in [3.63, 3.8) is 0 Å². The third-order valence-electron chi connectivity index (χ3n) is 3.34. The molecule has 19 heavy (non-hydrogen) atoms. The van der Waals surface area contributed by atoms with Crippen LogP contribution >= 0.6 is 0 Å². The maximum Gasteiger partial charge on any atom is 0.224 e. The Morgan fingerprint density at radius 1 is 1.53 bits per heavy atom. The number of amides is 1. The second kappa shape index (κ2) is 7.14. The molecule has 1 saturated heterocycles. The molecule has 104 valence electrons. The number of piperidine rings is 1. The van der Waals surface area contributed by atoms with Gasteiger partial charge < -0.3 is 15.4 Å². The highest BCUT2D eigenvalue weighted by Crippen LogP contribution is 2.14. The molecule has 0 saturated carbocycles. The first-order chi connectivity index (χ1) is 9.29. The van der Waals surface area contributed by atoms with Crippen LogP contribution in [0.2, 0.25) is 0 Å². The van der Waals surface area contributed by atoms with Crippen molar-refractivity contribution in [2.75, 3.05) is 19.7 Å². The molecule has 1 heterocycles. The zero-order chi connectivity index (χ0) is 13.5. The van der Waals surface area contributed by atoms with Crippen molar-refractivity contribution in [2.45, 2.75) is 26.3 Å². The molecule has 1 unspecified atom stereocenters. The first kappa shape index (κ1) is 13.9. The molecule has 2 rings (SSSR count). The number of ether oxygens (including phenoxy) is 1. The number of hydrogen-bond acceptors (Lipinski definition) is 3. The summed E-state index contributed by atoms with van der Waals surface area (Å²) in [5.41, 5.74) is 1.07. The lowest BCUT2D eigenvalue weighted by Crippen LogP contribution is -2.40. The first-order valence-corrected chi connectivity index (χ1v) is 6.99. The quantitative estimate of drug-likeness (QED) is 0.849. The average molecular weight is 262 g/mol. The van der Waals surface area contributed by atoms with Gasteiger partial charge in [0.05, 0.1) is 12.5 Å². The highest BCUT2D eigenvalue weighted by Gasteiger charge is 2.20. The van der Waals surface area contributed by atoms with Gasteiger partial charge >= 0.3 is 0 Å². The molecule has 1 aliphatic heterocycles. The molecule has 1 aliphatic rings. The van der Waals surface area contributed by atoms with Crippen molar-refractivity contribution >= 4 is 5.91 Å². The minimum Gasteiger partial charge on any atom is -0.494 e. The van der Waals surface area contributed by atoms with Crippen LogP contribution in [0.1, 0.15) is 25.3 Å². The predicted molar refractivity (Wildman–Crippen MR) is 75.1 cm³/mol. The van der Waals surface area contributed by atoms with Gasteiger partial charge in [-0.1, -0.05) is 12.1 Å².